The first-order chi connectivity index (χ1) is 6.76. The van der Waals surface area contributed by atoms with E-state index in [1.807, 2.05) is 10.5 Å². The van der Waals surface area contributed by atoms with Gasteiger partial charge in [-0.2, -0.15) is 5.10 Å². The van der Waals surface area contributed by atoms with Crippen molar-refractivity contribution in [3.63, 3.8) is 0 Å². The van der Waals surface area contributed by atoms with Crippen LogP contribution in [-0.2, 0) is 0 Å². The lowest BCUT2D eigenvalue weighted by molar-refractivity contribution is 1.01. The zero-order chi connectivity index (χ0) is 10.1. The first-order valence-corrected chi connectivity index (χ1v) is 8.65. The maximum Gasteiger partial charge on any atom is 0.162 e. The molecule has 2 rings (SSSR count). The standard InChI is InChI=1S/C8H6BrIN3P/c1-2-7-6-3-5(9)4-11-8(6)13(12-7)14-10/h2-4,14H,1H2. The molecule has 3 nitrogen and oxygen atoms in total. The van der Waals surface area contributed by atoms with Crippen LogP contribution in [0.3, 0.4) is 0 Å². The van der Waals surface area contributed by atoms with Crippen molar-refractivity contribution >= 4 is 61.5 Å². The predicted molar refractivity (Wildman–Crippen MR) is 73.1 cm³/mol. The highest BCUT2D eigenvalue weighted by atomic mass is 127. The zero-order valence-corrected chi connectivity index (χ0v) is 11.8. The summed E-state index contributed by atoms with van der Waals surface area (Å²) in [6, 6.07) is 2.01. The van der Waals surface area contributed by atoms with Crippen LogP contribution >= 0.6 is 44.3 Å². The Balaban J connectivity index is 2.82. The van der Waals surface area contributed by atoms with Crippen LogP contribution in [0.5, 0.6) is 0 Å². The van der Waals surface area contributed by atoms with Crippen molar-refractivity contribution in [3.8, 4) is 0 Å². The molecule has 0 aliphatic rings. The van der Waals surface area contributed by atoms with Gasteiger partial charge in [-0.1, -0.05) is 6.58 Å². The Morgan fingerprint density at radius 3 is 3.07 bits per heavy atom. The Hall–Kier alpha value is -0.000000000000000111. The van der Waals surface area contributed by atoms with Crippen molar-refractivity contribution in [3.05, 3.63) is 29.0 Å². The van der Waals surface area contributed by atoms with Crippen LogP contribution in [0.15, 0.2) is 23.3 Å². The van der Waals surface area contributed by atoms with E-state index >= 15 is 0 Å². The summed E-state index contributed by atoms with van der Waals surface area (Å²) in [7, 11) is 0. The summed E-state index contributed by atoms with van der Waals surface area (Å²) in [6.07, 6.45) is 4.09. The number of pyridine rings is 1. The molecule has 2 heterocycles. The van der Waals surface area contributed by atoms with Gasteiger partial charge in [0.25, 0.3) is 0 Å². The first kappa shape index (κ1) is 10.5. The van der Waals surface area contributed by atoms with Crippen molar-refractivity contribution in [1.82, 2.24) is 14.5 Å². The Labute approximate surface area is 104 Å². The van der Waals surface area contributed by atoms with E-state index < -0.39 is 0 Å². The van der Waals surface area contributed by atoms with Gasteiger partial charge in [-0.3, -0.25) is 0 Å². The van der Waals surface area contributed by atoms with Crippen molar-refractivity contribution < 1.29 is 0 Å². The average molecular weight is 382 g/mol. The molecule has 1 atom stereocenters. The van der Waals surface area contributed by atoms with E-state index in [2.05, 4.69) is 54.6 Å². The highest BCUT2D eigenvalue weighted by Gasteiger charge is 2.08. The summed E-state index contributed by atoms with van der Waals surface area (Å²) in [4.78, 5) is 4.33. The Bertz CT molecular complexity index is 497. The summed E-state index contributed by atoms with van der Waals surface area (Å²) < 4.78 is 2.85. The van der Waals surface area contributed by atoms with Gasteiger partial charge >= 0.3 is 0 Å². The molecule has 72 valence electrons. The molecule has 0 saturated heterocycles. The van der Waals surface area contributed by atoms with Crippen LogP contribution in [0.25, 0.3) is 17.1 Å². The van der Waals surface area contributed by atoms with Crippen LogP contribution in [0.4, 0.5) is 0 Å². The molecule has 0 spiro atoms. The van der Waals surface area contributed by atoms with Crippen LogP contribution in [0.1, 0.15) is 5.69 Å². The van der Waals surface area contributed by atoms with Crippen molar-refractivity contribution in [2.75, 3.05) is 0 Å². The summed E-state index contributed by atoms with van der Waals surface area (Å²) in [5.41, 5.74) is 1.80. The molecule has 0 aliphatic carbocycles. The maximum atomic E-state index is 4.39. The lowest BCUT2D eigenvalue weighted by Gasteiger charge is -1.94. The molecule has 14 heavy (non-hydrogen) atoms. The Kier molecular flexibility index (Phi) is 3.19. The minimum atomic E-state index is 0.554. The first-order valence-electron chi connectivity index (χ1n) is 3.79. The predicted octanol–water partition coefficient (Wildman–Crippen LogP) is 3.63. The van der Waals surface area contributed by atoms with Gasteiger partial charge in [0.1, 0.15) is 0 Å². The molecule has 0 aromatic carbocycles. The van der Waals surface area contributed by atoms with Crippen molar-refractivity contribution in [2.45, 2.75) is 0 Å². The fourth-order valence-electron chi connectivity index (χ4n) is 1.21. The monoisotopic (exact) mass is 381 g/mol. The lowest BCUT2D eigenvalue weighted by atomic mass is 10.3. The normalized spacial score (nSPS) is 11.6. The molecule has 0 N–H and O–H groups in total. The highest BCUT2D eigenvalue weighted by molar-refractivity contribution is 14.2. The molecule has 2 aromatic rings. The maximum absolute atomic E-state index is 4.39. The van der Waals surface area contributed by atoms with Gasteiger partial charge in [0.2, 0.25) is 0 Å². The number of rotatable bonds is 2. The number of hydrogen-bond acceptors (Lipinski definition) is 2. The number of hydrogen-bond donors (Lipinski definition) is 0. The number of nitrogens with zero attached hydrogens (tertiary/aromatic N) is 3. The third kappa shape index (κ3) is 1.73. The van der Waals surface area contributed by atoms with Gasteiger partial charge < -0.3 is 0 Å². The summed E-state index contributed by atoms with van der Waals surface area (Å²) >= 11 is 5.68. The molecular formula is C8H6BrIN3P. The van der Waals surface area contributed by atoms with Crippen molar-refractivity contribution in [2.24, 2.45) is 0 Å². The Morgan fingerprint density at radius 1 is 1.64 bits per heavy atom. The molecule has 0 saturated carbocycles. The molecule has 0 bridgehead atoms. The Morgan fingerprint density at radius 2 is 2.43 bits per heavy atom. The lowest BCUT2D eigenvalue weighted by Crippen LogP contribution is -1.85. The minimum Gasteiger partial charge on any atom is -0.235 e. The highest BCUT2D eigenvalue weighted by Crippen LogP contribution is 2.30. The second kappa shape index (κ2) is 4.24. The molecule has 0 aliphatic heterocycles. The fraction of sp³-hybridized carbons (Fsp3) is 0. The van der Waals surface area contributed by atoms with Gasteiger partial charge in [0, 0.05) is 16.1 Å². The third-order valence-electron chi connectivity index (χ3n) is 1.79. The second-order valence-corrected chi connectivity index (χ2v) is 5.57. The molecule has 2 aromatic heterocycles. The second-order valence-electron chi connectivity index (χ2n) is 2.61. The molecular weight excluding hydrogens is 376 g/mol. The van der Waals surface area contributed by atoms with E-state index in [9.17, 15) is 0 Å². The largest absolute Gasteiger partial charge is 0.235 e. The topological polar surface area (TPSA) is 30.7 Å². The van der Waals surface area contributed by atoms with Crippen molar-refractivity contribution in [1.29, 1.82) is 0 Å². The van der Waals surface area contributed by atoms with Crippen LogP contribution < -0.4 is 0 Å². The molecule has 1 unspecified atom stereocenters. The third-order valence-corrected chi connectivity index (χ3v) is 4.07. The quantitative estimate of drug-likeness (QED) is 0.587. The molecule has 6 heteroatoms. The smallest absolute Gasteiger partial charge is 0.162 e. The van der Waals surface area contributed by atoms with E-state index in [-0.39, 0.29) is 0 Å². The molecule has 0 fully saturated rings. The van der Waals surface area contributed by atoms with Crippen LogP contribution in [0.2, 0.25) is 0 Å². The number of halogens is 2. The van der Waals surface area contributed by atoms with E-state index in [1.165, 1.54) is 0 Å². The summed E-state index contributed by atoms with van der Waals surface area (Å²) in [5, 5.41) is 5.43. The molecule has 0 amide bonds. The van der Waals surface area contributed by atoms with Gasteiger partial charge in [0.05, 0.1) is 12.1 Å². The van der Waals surface area contributed by atoms with Gasteiger partial charge in [-0.15, -0.1) is 0 Å². The van der Waals surface area contributed by atoms with Gasteiger partial charge in [-0.05, 0) is 50.1 Å². The van der Waals surface area contributed by atoms with Crippen LogP contribution in [-0.4, -0.2) is 14.5 Å². The number of aromatic nitrogens is 3. The van der Waals surface area contributed by atoms with Gasteiger partial charge in [0.15, 0.2) is 5.65 Å². The summed E-state index contributed by atoms with van der Waals surface area (Å²) in [6.45, 7) is 3.74. The van der Waals surface area contributed by atoms with Crippen LogP contribution in [0, 0.1) is 0 Å². The van der Waals surface area contributed by atoms with E-state index in [0.717, 1.165) is 21.2 Å². The SMILES string of the molecule is C=Cc1nn(PI)c2ncc(Br)cc12. The minimum absolute atomic E-state index is 0.554. The zero-order valence-electron chi connectivity index (χ0n) is 7.04. The molecule has 0 radical (unpaired) electrons. The van der Waals surface area contributed by atoms with E-state index in [1.54, 1.807) is 12.3 Å². The van der Waals surface area contributed by atoms with E-state index in [4.69, 9.17) is 0 Å². The summed E-state index contributed by atoms with van der Waals surface area (Å²) in [5.74, 6) is 0. The fourth-order valence-corrected chi connectivity index (χ4v) is 2.95. The van der Waals surface area contributed by atoms with Gasteiger partial charge in [-0.25, -0.2) is 9.44 Å². The average Bonchev–Trinajstić information content (AvgIpc) is 2.55. The number of fused-ring (bicyclic) bond motifs is 1. The van der Waals surface area contributed by atoms with E-state index in [0.29, 0.717) is 6.37 Å².